The number of benzene rings is 3. The lowest BCUT2D eigenvalue weighted by molar-refractivity contribution is -0.118. The number of rotatable bonds is 11. The highest BCUT2D eigenvalue weighted by Crippen LogP contribution is 2.21. The molecule has 5 rings (SSSR count). The molecule has 0 spiro atoms. The van der Waals surface area contributed by atoms with Crippen LogP contribution in [0.15, 0.2) is 107 Å². The lowest BCUT2D eigenvalue weighted by Gasteiger charge is -2.11. The van der Waals surface area contributed by atoms with E-state index in [9.17, 15) is 14.4 Å². The summed E-state index contributed by atoms with van der Waals surface area (Å²) in [4.78, 5) is 42.4. The molecule has 3 aromatic carbocycles. The van der Waals surface area contributed by atoms with Crippen molar-refractivity contribution in [2.45, 2.75) is 11.6 Å². The van der Waals surface area contributed by atoms with Gasteiger partial charge in [0.1, 0.15) is 0 Å². The molecule has 42 heavy (non-hydrogen) atoms. The van der Waals surface area contributed by atoms with Crippen molar-refractivity contribution in [3.8, 4) is 0 Å². The second-order valence-corrected chi connectivity index (χ2v) is 10.5. The van der Waals surface area contributed by atoms with Gasteiger partial charge in [-0.1, -0.05) is 78.5 Å². The zero-order chi connectivity index (χ0) is 29.1. The van der Waals surface area contributed by atoms with Crippen molar-refractivity contribution in [3.63, 3.8) is 0 Å². The molecule has 0 aliphatic carbocycles. The lowest BCUT2D eigenvalue weighted by atomic mass is 10.2. The number of nitrogens with one attached hydrogen (secondary N) is 3. The van der Waals surface area contributed by atoms with Crippen molar-refractivity contribution >= 4 is 52.2 Å². The van der Waals surface area contributed by atoms with Gasteiger partial charge in [0.15, 0.2) is 11.0 Å². The van der Waals surface area contributed by atoms with Crippen molar-refractivity contribution in [2.75, 3.05) is 16.5 Å². The van der Waals surface area contributed by atoms with Crippen LogP contribution in [0, 0.1) is 0 Å². The van der Waals surface area contributed by atoms with Crippen molar-refractivity contribution < 1.29 is 14.4 Å². The van der Waals surface area contributed by atoms with Crippen molar-refractivity contribution in [1.82, 2.24) is 25.3 Å². The minimum absolute atomic E-state index is 0.0160. The Balaban J connectivity index is 1.27. The third kappa shape index (κ3) is 7.74. The molecule has 11 nitrogen and oxygen atoms in total. The molecule has 2 heterocycles. The first-order chi connectivity index (χ1) is 20.5. The second kappa shape index (κ2) is 14.0. The van der Waals surface area contributed by atoms with Gasteiger partial charge in [-0.15, -0.1) is 21.5 Å². The van der Waals surface area contributed by atoms with Crippen molar-refractivity contribution in [3.05, 3.63) is 125 Å². The van der Waals surface area contributed by atoms with E-state index in [0.29, 0.717) is 32.9 Å². The van der Waals surface area contributed by atoms with Gasteiger partial charge in [-0.2, -0.15) is 5.10 Å². The molecule has 3 amide bonds. The van der Waals surface area contributed by atoms with Gasteiger partial charge in [0.25, 0.3) is 17.7 Å². The van der Waals surface area contributed by atoms with Gasteiger partial charge < -0.3 is 0 Å². The normalized spacial score (nSPS) is 10.9. The Morgan fingerprint density at radius 1 is 0.857 bits per heavy atom. The van der Waals surface area contributed by atoms with Crippen molar-refractivity contribution in [1.29, 1.82) is 0 Å². The van der Waals surface area contributed by atoms with Crippen LogP contribution >= 0.6 is 23.1 Å². The molecule has 5 aromatic rings. The fourth-order valence-corrected chi connectivity index (χ4v) is 5.03. The van der Waals surface area contributed by atoms with Crippen LogP contribution in [0.25, 0.3) is 0 Å². The van der Waals surface area contributed by atoms with E-state index in [1.807, 2.05) is 42.5 Å². The van der Waals surface area contributed by atoms with E-state index < -0.39 is 0 Å². The third-order valence-electron chi connectivity index (χ3n) is 5.63. The number of hydrogen-bond acceptors (Lipinski definition) is 9. The van der Waals surface area contributed by atoms with E-state index in [0.717, 1.165) is 17.3 Å². The molecule has 210 valence electrons. The van der Waals surface area contributed by atoms with E-state index in [2.05, 4.69) is 36.5 Å². The van der Waals surface area contributed by atoms with Gasteiger partial charge >= 0.3 is 0 Å². The number of nitrogens with zero attached hydrogens (tertiary/aromatic N) is 5. The Morgan fingerprint density at radius 2 is 1.50 bits per heavy atom. The van der Waals surface area contributed by atoms with E-state index in [4.69, 9.17) is 0 Å². The Kier molecular flexibility index (Phi) is 9.44. The van der Waals surface area contributed by atoms with Crippen LogP contribution in [0.5, 0.6) is 0 Å². The third-order valence-corrected chi connectivity index (χ3v) is 7.37. The quantitative estimate of drug-likeness (QED) is 0.118. The lowest BCUT2D eigenvalue weighted by Crippen LogP contribution is -2.26. The first-order valence-corrected chi connectivity index (χ1v) is 14.5. The van der Waals surface area contributed by atoms with Gasteiger partial charge in [0.2, 0.25) is 5.16 Å². The highest BCUT2D eigenvalue weighted by atomic mass is 32.2. The largest absolute Gasteiger partial charge is 0.298 e. The van der Waals surface area contributed by atoms with E-state index in [1.54, 1.807) is 60.1 Å². The number of hydrogen-bond donors (Lipinski definition) is 3. The zero-order valence-corrected chi connectivity index (χ0v) is 23.6. The second-order valence-electron chi connectivity index (χ2n) is 8.67. The van der Waals surface area contributed by atoms with Crippen LogP contribution < -0.4 is 16.2 Å². The molecule has 0 saturated carbocycles. The smallest absolute Gasteiger partial charge is 0.270 e. The maximum atomic E-state index is 13.0. The fourth-order valence-electron chi connectivity index (χ4n) is 3.62. The molecular weight excluding hydrogens is 573 g/mol. The molecule has 2 aromatic heterocycles. The zero-order valence-electron chi connectivity index (χ0n) is 22.0. The monoisotopic (exact) mass is 596 g/mol. The highest BCUT2D eigenvalue weighted by Gasteiger charge is 2.19. The number of carbonyl (C=O) groups excluding carboxylic acids is 3. The van der Waals surface area contributed by atoms with E-state index >= 15 is 0 Å². The number of hydrazone groups is 1. The molecule has 13 heteroatoms. The molecule has 0 saturated heterocycles. The number of aromatic nitrogens is 4. The summed E-state index contributed by atoms with van der Waals surface area (Å²) in [5.41, 5.74) is 7.75. The summed E-state index contributed by atoms with van der Waals surface area (Å²) in [6, 6.07) is 26.9. The Bertz CT molecular complexity index is 1690. The van der Waals surface area contributed by atoms with Crippen LogP contribution in [0.4, 0.5) is 5.13 Å². The van der Waals surface area contributed by atoms with Gasteiger partial charge in [-0.25, -0.2) is 15.1 Å². The highest BCUT2D eigenvalue weighted by molar-refractivity contribution is 7.99. The molecule has 0 atom stereocenters. The van der Waals surface area contributed by atoms with Crippen LogP contribution in [-0.2, 0) is 11.2 Å². The predicted molar refractivity (Wildman–Crippen MR) is 162 cm³/mol. The summed E-state index contributed by atoms with van der Waals surface area (Å²) in [5, 5.41) is 17.8. The number of carbonyl (C=O) groups is 3. The summed E-state index contributed by atoms with van der Waals surface area (Å²) in [5.74, 6) is -0.603. The molecule has 0 fully saturated rings. The summed E-state index contributed by atoms with van der Waals surface area (Å²) >= 11 is 2.37. The van der Waals surface area contributed by atoms with Crippen molar-refractivity contribution in [2.24, 2.45) is 5.10 Å². The van der Waals surface area contributed by atoms with Gasteiger partial charge in [0, 0.05) is 16.5 Å². The molecule has 3 N–H and O–H groups in total. The molecular formula is C29H24N8O3S2. The SMILES string of the molecule is O=C(CSc1nnc(Cc2csc(NC(=O)c3ccccc3)n2)n1NC(=O)c1ccccc1)N/N=C/c1ccccc1. The standard InChI is InChI=1S/C29H24N8O3S2/c38-25(34-30-17-20-10-4-1-5-11-20)19-42-29-35-33-24(37(29)36-27(40)22-14-8-3-9-15-22)16-23-18-41-28(31-23)32-26(39)21-12-6-2-7-13-21/h1-15,17-18H,16,19H2,(H,34,38)(H,36,40)(H,31,32,39)/b30-17+. The fraction of sp³-hybridized carbons (Fsp3) is 0.0690. The van der Waals surface area contributed by atoms with Gasteiger partial charge in [-0.3, -0.25) is 25.1 Å². The molecule has 0 radical (unpaired) electrons. The first-order valence-electron chi connectivity index (χ1n) is 12.7. The molecule has 0 bridgehead atoms. The maximum Gasteiger partial charge on any atom is 0.270 e. The van der Waals surface area contributed by atoms with Crippen LogP contribution in [0.1, 0.15) is 37.8 Å². The first kappa shape index (κ1) is 28.4. The topological polar surface area (TPSA) is 143 Å². The van der Waals surface area contributed by atoms with Crippen LogP contribution in [-0.4, -0.2) is 49.5 Å². The Morgan fingerprint density at radius 3 is 2.19 bits per heavy atom. The summed E-state index contributed by atoms with van der Waals surface area (Å²) < 4.78 is 1.45. The maximum absolute atomic E-state index is 13.0. The number of thiazole rings is 1. The number of anilines is 1. The summed E-state index contributed by atoms with van der Waals surface area (Å²) in [6.07, 6.45) is 1.77. The average molecular weight is 597 g/mol. The molecule has 0 aliphatic rings. The summed E-state index contributed by atoms with van der Waals surface area (Å²) in [6.45, 7) is 0. The number of thioether (sulfide) groups is 1. The Labute approximate surface area is 249 Å². The van der Waals surface area contributed by atoms with Gasteiger partial charge in [-0.05, 0) is 29.8 Å². The van der Waals surface area contributed by atoms with Crippen LogP contribution in [0.3, 0.4) is 0 Å². The number of amides is 3. The van der Waals surface area contributed by atoms with E-state index in [1.165, 1.54) is 16.0 Å². The van der Waals surface area contributed by atoms with Crippen LogP contribution in [0.2, 0.25) is 0 Å². The van der Waals surface area contributed by atoms with Gasteiger partial charge in [0.05, 0.1) is 24.1 Å². The minimum Gasteiger partial charge on any atom is -0.298 e. The molecule has 0 aliphatic heterocycles. The molecule has 0 unspecified atom stereocenters. The predicted octanol–water partition coefficient (Wildman–Crippen LogP) is 4.20. The average Bonchev–Trinajstić information content (AvgIpc) is 3.63. The Hall–Kier alpha value is -5.14. The van der Waals surface area contributed by atoms with E-state index in [-0.39, 0.29) is 29.9 Å². The summed E-state index contributed by atoms with van der Waals surface area (Å²) in [7, 11) is 0. The minimum atomic E-state index is -0.371.